The second-order valence-corrected chi connectivity index (χ2v) is 18.4. The lowest BCUT2D eigenvalue weighted by Gasteiger charge is -2.45. The molecule has 0 aromatic carbocycles. The molecule has 10 rings (SSSR count). The minimum Gasteiger partial charge on any atom is -0.336 e. The molecule has 0 saturated heterocycles. The first-order chi connectivity index (χ1) is 28.6. The first-order valence-corrected chi connectivity index (χ1v) is 22.6. The molecule has 2 spiro atoms. The summed E-state index contributed by atoms with van der Waals surface area (Å²) in [5.41, 5.74) is -0.506. The zero-order chi connectivity index (χ0) is 41.1. The van der Waals surface area contributed by atoms with Gasteiger partial charge in [0.2, 0.25) is 0 Å². The van der Waals surface area contributed by atoms with Gasteiger partial charge in [-0.1, -0.05) is 77.7 Å². The standard InChI is InChI=1S/C21H24ClN5O2.C16H16ClN5O2.C5H9Br/c22-15-12-16(25-17-8-11-23-13-24-17)19(28)27-18(15)20(29)26(14-6-2-3-7-14)21(27)9-4-1-5-10-21;17-10-8-11(20-12-4-7-18-9-19-12)15(24)22-13(10)14(23)21-16(22)5-2-1-3-6-16;6-5-3-1-2-4-5/h8,11-14H,1-7,9-10H2,(H,23,24,25);4,7-9H,1-3,5-6H2,(H,21,23)(H,18,19,20);5H,1-4H2. The molecule has 312 valence electrons. The molecule has 2 amide bonds. The van der Waals surface area contributed by atoms with Gasteiger partial charge in [0, 0.05) is 23.3 Å². The van der Waals surface area contributed by atoms with Gasteiger partial charge in [0.15, 0.2) is 0 Å². The van der Waals surface area contributed by atoms with Gasteiger partial charge in [0.25, 0.3) is 22.9 Å². The summed E-state index contributed by atoms with van der Waals surface area (Å²) >= 11 is 16.5. The van der Waals surface area contributed by atoms with Crippen LogP contribution < -0.4 is 27.1 Å². The molecule has 17 heteroatoms. The van der Waals surface area contributed by atoms with Crippen molar-refractivity contribution < 1.29 is 9.59 Å². The molecule has 0 radical (unpaired) electrons. The molecule has 14 nitrogen and oxygen atoms in total. The second kappa shape index (κ2) is 17.7. The van der Waals surface area contributed by atoms with Crippen molar-refractivity contribution in [2.75, 3.05) is 10.6 Å². The zero-order valence-corrected chi connectivity index (χ0v) is 36.0. The average molecular weight is 909 g/mol. The maximum atomic E-state index is 13.6. The van der Waals surface area contributed by atoms with Crippen molar-refractivity contribution in [2.45, 2.75) is 138 Å². The van der Waals surface area contributed by atoms with E-state index in [9.17, 15) is 19.2 Å². The van der Waals surface area contributed by atoms with Gasteiger partial charge in [-0.15, -0.1) is 0 Å². The predicted octanol–water partition coefficient (Wildman–Crippen LogP) is 8.77. The number of halogens is 3. The van der Waals surface area contributed by atoms with Crippen molar-refractivity contribution in [3.8, 4) is 0 Å². The van der Waals surface area contributed by atoms with Gasteiger partial charge in [0.05, 0.1) is 10.0 Å². The first-order valence-electron chi connectivity index (χ1n) is 20.9. The number of alkyl halides is 1. The summed E-state index contributed by atoms with van der Waals surface area (Å²) in [6, 6.07) is 6.58. The number of amides is 2. The summed E-state index contributed by atoms with van der Waals surface area (Å²) in [5, 5.41) is 9.60. The summed E-state index contributed by atoms with van der Waals surface area (Å²) in [6.45, 7) is 0. The number of hydrogen-bond donors (Lipinski definition) is 3. The number of pyridine rings is 2. The minimum absolute atomic E-state index is 0.0884. The Morgan fingerprint density at radius 3 is 1.68 bits per heavy atom. The third kappa shape index (κ3) is 8.14. The fourth-order valence-corrected chi connectivity index (χ4v) is 11.1. The smallest absolute Gasteiger partial charge is 0.276 e. The number of carbonyl (C=O) groups excluding carboxylic acids is 2. The molecule has 4 fully saturated rings. The third-order valence-electron chi connectivity index (χ3n) is 12.6. The van der Waals surface area contributed by atoms with E-state index in [1.54, 1.807) is 39.7 Å². The largest absolute Gasteiger partial charge is 0.336 e. The Hall–Kier alpha value is -4.34. The normalized spacial score (nSPS) is 20.4. The molecule has 4 aliphatic carbocycles. The van der Waals surface area contributed by atoms with Crippen LogP contribution in [0, 0.1) is 0 Å². The van der Waals surface area contributed by atoms with Crippen LogP contribution in [-0.2, 0) is 11.3 Å². The van der Waals surface area contributed by atoms with E-state index in [0.717, 1.165) is 94.7 Å². The Morgan fingerprint density at radius 1 is 0.661 bits per heavy atom. The van der Waals surface area contributed by atoms with Crippen LogP contribution in [-0.4, -0.2) is 56.7 Å². The van der Waals surface area contributed by atoms with Crippen molar-refractivity contribution in [3.05, 3.63) is 91.5 Å². The lowest BCUT2D eigenvalue weighted by molar-refractivity contribution is -0.00913. The van der Waals surface area contributed by atoms with E-state index in [0.29, 0.717) is 33.7 Å². The summed E-state index contributed by atoms with van der Waals surface area (Å²) in [4.78, 5) is 71.4. The third-order valence-corrected chi connectivity index (χ3v) is 14.1. The van der Waals surface area contributed by atoms with Crippen molar-refractivity contribution in [1.82, 2.24) is 39.3 Å². The molecule has 0 bridgehead atoms. The quantitative estimate of drug-likeness (QED) is 0.165. The number of hydrogen-bond acceptors (Lipinski definition) is 10. The van der Waals surface area contributed by atoms with Crippen LogP contribution in [0.4, 0.5) is 23.0 Å². The number of nitrogens with zero attached hydrogens (tertiary/aromatic N) is 7. The number of aromatic nitrogens is 6. The molecule has 4 aromatic heterocycles. The first kappa shape index (κ1) is 41.4. The molecule has 4 saturated carbocycles. The van der Waals surface area contributed by atoms with E-state index in [1.165, 1.54) is 44.4 Å². The highest BCUT2D eigenvalue weighted by Gasteiger charge is 2.54. The monoisotopic (exact) mass is 906 g/mol. The highest BCUT2D eigenvalue weighted by Crippen LogP contribution is 2.48. The fourth-order valence-electron chi connectivity index (χ4n) is 9.92. The van der Waals surface area contributed by atoms with Crippen LogP contribution in [0.15, 0.2) is 58.9 Å². The second-order valence-electron chi connectivity index (χ2n) is 16.3. The van der Waals surface area contributed by atoms with Gasteiger partial charge in [-0.3, -0.25) is 28.3 Å². The number of rotatable bonds is 5. The molecule has 4 aromatic rings. The summed E-state index contributed by atoms with van der Waals surface area (Å²) < 4.78 is 3.25. The van der Waals surface area contributed by atoms with E-state index in [4.69, 9.17) is 23.2 Å². The van der Waals surface area contributed by atoms with Crippen LogP contribution in [0.25, 0.3) is 0 Å². The SMILES string of the molecule is BrC1CCCC1.O=C1NC2(CCCCC2)n2c1c(Cl)cc(Nc1ccncn1)c2=O.O=C1c2c(Cl)cc(Nc3ccncn3)c(=O)n2C2(CCCCC2)N1C1CCCC1. The summed E-state index contributed by atoms with van der Waals surface area (Å²) in [5.74, 6) is 0.638. The van der Waals surface area contributed by atoms with Gasteiger partial charge in [0.1, 0.15) is 58.4 Å². The van der Waals surface area contributed by atoms with Crippen molar-refractivity contribution in [2.24, 2.45) is 0 Å². The number of fused-ring (bicyclic) bond motifs is 4. The van der Waals surface area contributed by atoms with Crippen LogP contribution >= 0.6 is 39.1 Å². The van der Waals surface area contributed by atoms with E-state index in [2.05, 4.69) is 51.8 Å². The van der Waals surface area contributed by atoms with Crippen molar-refractivity contribution in [3.63, 3.8) is 0 Å². The molecular formula is C42H49BrCl2N10O4. The van der Waals surface area contributed by atoms with Crippen LogP contribution in [0.1, 0.15) is 137 Å². The average Bonchev–Trinajstić information content (AvgIpc) is 4.05. The Labute approximate surface area is 361 Å². The summed E-state index contributed by atoms with van der Waals surface area (Å²) in [6.07, 6.45) is 25.2. The summed E-state index contributed by atoms with van der Waals surface area (Å²) in [7, 11) is 0. The van der Waals surface area contributed by atoms with E-state index in [1.807, 2.05) is 4.90 Å². The van der Waals surface area contributed by atoms with Gasteiger partial charge in [-0.05, 0) is 101 Å². The molecule has 2 aliphatic heterocycles. The Balaban J connectivity index is 0.000000146. The van der Waals surface area contributed by atoms with Crippen LogP contribution in [0.5, 0.6) is 0 Å². The highest BCUT2D eigenvalue weighted by atomic mass is 79.9. The molecule has 6 aliphatic rings. The van der Waals surface area contributed by atoms with E-state index < -0.39 is 11.3 Å². The van der Waals surface area contributed by atoms with Crippen LogP contribution in [0.3, 0.4) is 0 Å². The molecular weight excluding hydrogens is 859 g/mol. The lowest BCUT2D eigenvalue weighted by Crippen LogP contribution is -2.54. The molecule has 3 N–H and O–H groups in total. The maximum Gasteiger partial charge on any atom is 0.276 e. The Kier molecular flexibility index (Phi) is 12.4. The van der Waals surface area contributed by atoms with E-state index >= 15 is 0 Å². The minimum atomic E-state index is -0.658. The lowest BCUT2D eigenvalue weighted by atomic mass is 9.86. The zero-order valence-electron chi connectivity index (χ0n) is 32.9. The van der Waals surface area contributed by atoms with Gasteiger partial charge < -0.3 is 20.9 Å². The topological polar surface area (TPSA) is 169 Å². The number of nitrogens with one attached hydrogen (secondary N) is 3. The van der Waals surface area contributed by atoms with Gasteiger partial charge in [-0.2, -0.15) is 0 Å². The molecule has 0 unspecified atom stereocenters. The van der Waals surface area contributed by atoms with Gasteiger partial charge in [-0.25, -0.2) is 19.9 Å². The Bertz CT molecular complexity index is 2290. The van der Waals surface area contributed by atoms with Crippen molar-refractivity contribution >= 4 is 74.0 Å². The Morgan fingerprint density at radius 2 is 1.17 bits per heavy atom. The molecule has 59 heavy (non-hydrogen) atoms. The fraction of sp³-hybridized carbons (Fsp3) is 0.524. The number of anilines is 4. The van der Waals surface area contributed by atoms with Crippen molar-refractivity contribution in [1.29, 1.82) is 0 Å². The van der Waals surface area contributed by atoms with E-state index in [-0.39, 0.29) is 39.7 Å². The maximum absolute atomic E-state index is 13.6. The highest BCUT2D eigenvalue weighted by molar-refractivity contribution is 9.09. The number of carbonyl (C=O) groups is 2. The predicted molar refractivity (Wildman–Crippen MR) is 231 cm³/mol. The molecule has 0 atom stereocenters. The van der Waals surface area contributed by atoms with Crippen LogP contribution in [0.2, 0.25) is 10.0 Å². The van der Waals surface area contributed by atoms with Gasteiger partial charge >= 0.3 is 0 Å². The molecule has 6 heterocycles.